The number of nitrogens with one attached hydrogen (secondary N) is 1. The number of halogens is 1. The second kappa shape index (κ2) is 13.3. The average Bonchev–Trinajstić information content (AvgIpc) is 3.21. The highest BCUT2D eigenvalue weighted by Gasteiger charge is 2.59. The van der Waals surface area contributed by atoms with Crippen molar-refractivity contribution in [2.45, 2.75) is 118 Å². The summed E-state index contributed by atoms with van der Waals surface area (Å²) in [5, 5.41) is 3.01. The van der Waals surface area contributed by atoms with E-state index >= 15 is 0 Å². The van der Waals surface area contributed by atoms with Crippen molar-refractivity contribution in [3.8, 4) is 0 Å². The van der Waals surface area contributed by atoms with E-state index in [1.807, 2.05) is 0 Å². The normalized spacial score (nSPS) is 36.6. The fourth-order valence-corrected chi connectivity index (χ4v) is 9.56. The topological polar surface area (TPSA) is 38.3 Å². The van der Waals surface area contributed by atoms with Crippen molar-refractivity contribution in [3.63, 3.8) is 0 Å². The largest absolute Gasteiger partial charge is 1.00 e. The Labute approximate surface area is 258 Å². The van der Waals surface area contributed by atoms with Crippen LogP contribution in [-0.2, 0) is 4.74 Å². The van der Waals surface area contributed by atoms with E-state index < -0.39 is 0 Å². The molecule has 4 rings (SSSR count). The predicted octanol–water partition coefficient (Wildman–Crippen LogP) is 5.22. The molecular weight excluding hydrogens is 595 g/mol. The first-order valence-electron chi connectivity index (χ1n) is 16.4. The number of nitrogens with zero attached hydrogens (tertiary/aromatic N) is 1. The molecule has 0 aromatic carbocycles. The van der Waals surface area contributed by atoms with Crippen molar-refractivity contribution in [3.05, 3.63) is 11.6 Å². The number of quaternary nitrogens is 1. The van der Waals surface area contributed by atoms with Gasteiger partial charge in [0.05, 0.1) is 33.7 Å². The minimum atomic E-state index is -0.225. The summed E-state index contributed by atoms with van der Waals surface area (Å²) in [5.74, 6) is 5.20. The number of amides is 1. The molecule has 226 valence electrons. The number of carbonyl (C=O) groups excluding carboxylic acids is 1. The van der Waals surface area contributed by atoms with E-state index in [1.165, 1.54) is 57.8 Å². The van der Waals surface area contributed by atoms with Gasteiger partial charge in [0.2, 0.25) is 0 Å². The van der Waals surface area contributed by atoms with Crippen LogP contribution in [0.2, 0.25) is 0 Å². The zero-order valence-electron chi connectivity index (χ0n) is 26.7. The predicted molar refractivity (Wildman–Crippen MR) is 159 cm³/mol. The molecule has 1 N–H and O–H groups in total. The van der Waals surface area contributed by atoms with Gasteiger partial charge in [0.15, 0.2) is 0 Å². The van der Waals surface area contributed by atoms with Crippen LogP contribution in [-0.4, -0.2) is 50.4 Å². The number of fused-ring (bicyclic) bond motifs is 5. The molecule has 0 aromatic heterocycles. The first kappa shape index (κ1) is 33.2. The molecule has 1 amide bonds. The Morgan fingerprint density at radius 3 is 2.51 bits per heavy atom. The second-order valence-corrected chi connectivity index (χ2v) is 15.5. The van der Waals surface area contributed by atoms with Crippen LogP contribution in [0.4, 0.5) is 4.79 Å². The fraction of sp³-hybridized carbons (Fsp3) is 0.912. The van der Waals surface area contributed by atoms with E-state index in [0.29, 0.717) is 17.4 Å². The lowest BCUT2D eigenvalue weighted by Gasteiger charge is -2.58. The lowest BCUT2D eigenvalue weighted by molar-refractivity contribution is -0.887. The number of allylic oxidation sites excluding steroid dienone is 1. The van der Waals surface area contributed by atoms with Crippen molar-refractivity contribution in [1.29, 1.82) is 0 Å². The molecule has 4 aliphatic carbocycles. The van der Waals surface area contributed by atoms with E-state index in [2.05, 4.69) is 67.0 Å². The van der Waals surface area contributed by atoms with Crippen LogP contribution in [0, 0.1) is 46.3 Å². The number of rotatable bonds is 10. The first-order valence-corrected chi connectivity index (χ1v) is 16.4. The van der Waals surface area contributed by atoms with Gasteiger partial charge in [-0.3, -0.25) is 0 Å². The highest BCUT2D eigenvalue weighted by molar-refractivity contribution is 5.67. The Morgan fingerprint density at radius 1 is 1.08 bits per heavy atom. The average molecular weight is 657 g/mol. The summed E-state index contributed by atoms with van der Waals surface area (Å²) in [6, 6.07) is 0. The van der Waals surface area contributed by atoms with Crippen molar-refractivity contribution in [2.75, 3.05) is 33.7 Å². The molecule has 3 fully saturated rings. The molecule has 4 aliphatic rings. The van der Waals surface area contributed by atoms with Gasteiger partial charge in [0.25, 0.3) is 0 Å². The Bertz CT molecular complexity index is 856. The highest BCUT2D eigenvalue weighted by atomic mass is 127. The van der Waals surface area contributed by atoms with Crippen molar-refractivity contribution < 1.29 is 38.0 Å². The van der Waals surface area contributed by atoms with E-state index in [9.17, 15) is 4.79 Å². The van der Waals surface area contributed by atoms with Crippen LogP contribution in [0.15, 0.2) is 11.6 Å². The number of likely N-dealkylation sites (N-methyl/N-ethyl adjacent to an activating group) is 1. The number of hydrogen-bond donors (Lipinski definition) is 1. The maximum Gasteiger partial charge on any atom is 0.407 e. The van der Waals surface area contributed by atoms with E-state index in [1.54, 1.807) is 5.57 Å². The second-order valence-electron chi connectivity index (χ2n) is 15.5. The molecule has 4 nitrogen and oxygen atoms in total. The maximum atomic E-state index is 12.5. The first-order chi connectivity index (χ1) is 17.9. The van der Waals surface area contributed by atoms with Gasteiger partial charge in [0, 0.05) is 6.42 Å². The number of alkyl carbamates (subject to hydrolysis) is 1. The van der Waals surface area contributed by atoms with Gasteiger partial charge in [-0.2, -0.15) is 0 Å². The Hall–Kier alpha value is -0.300. The van der Waals surface area contributed by atoms with Gasteiger partial charge in [-0.25, -0.2) is 4.79 Å². The van der Waals surface area contributed by atoms with Gasteiger partial charge in [-0.15, -0.1) is 0 Å². The zero-order chi connectivity index (χ0) is 27.7. The van der Waals surface area contributed by atoms with E-state index in [-0.39, 0.29) is 36.2 Å². The third-order valence-corrected chi connectivity index (χ3v) is 12.4. The monoisotopic (exact) mass is 656 g/mol. The minimum Gasteiger partial charge on any atom is -1.00 e. The smallest absolute Gasteiger partial charge is 0.407 e. The fourth-order valence-electron chi connectivity index (χ4n) is 9.56. The van der Waals surface area contributed by atoms with Crippen molar-refractivity contribution in [1.82, 2.24) is 5.32 Å². The van der Waals surface area contributed by atoms with Crippen LogP contribution in [0.1, 0.15) is 112 Å². The summed E-state index contributed by atoms with van der Waals surface area (Å²) in [5.41, 5.74) is 2.46. The summed E-state index contributed by atoms with van der Waals surface area (Å²) in [4.78, 5) is 12.5. The maximum absolute atomic E-state index is 12.5. The Kier molecular flexibility index (Phi) is 11.4. The summed E-state index contributed by atoms with van der Waals surface area (Å²) >= 11 is 0. The minimum absolute atomic E-state index is 0. The molecule has 0 unspecified atom stereocenters. The van der Waals surface area contributed by atoms with Gasteiger partial charge in [-0.05, 0) is 98.2 Å². The SMILES string of the molecule is CC[N+](C)(C)CCNC(=O)O[C@H]1CC[C@@]2(C)C(=CC[C@H]3[C@@H]4CC[C@H]([C@H](C)CCCC(C)C)[C@@]4(C)CC[C@@H]32)C1.[I-]. The quantitative estimate of drug-likeness (QED) is 0.199. The Morgan fingerprint density at radius 2 is 1.82 bits per heavy atom. The summed E-state index contributed by atoms with van der Waals surface area (Å²) in [7, 11) is 4.40. The molecule has 0 bridgehead atoms. The molecule has 0 heterocycles. The van der Waals surface area contributed by atoms with Gasteiger partial charge in [-0.1, -0.05) is 65.5 Å². The standard InChI is InChI=1S/C34H60N2O2.HI/c1-9-36(7,8)22-21-35-32(37)38-27-17-19-33(5)26(23-27)13-14-28-30-16-15-29(25(4)12-10-11-24(2)3)34(30,6)20-18-31(28)33;/h13,24-25,27-31H,9-12,14-23H2,1-8H3;1H/t25-,27+,28+,29-,30+,31+,33+,34-;/m1./s1. The van der Waals surface area contributed by atoms with Crippen LogP contribution in [0.5, 0.6) is 0 Å². The molecular formula is C34H61IN2O2. The van der Waals surface area contributed by atoms with Crippen LogP contribution in [0.25, 0.3) is 0 Å². The number of hydrogen-bond acceptors (Lipinski definition) is 2. The van der Waals surface area contributed by atoms with Gasteiger partial charge in [0.1, 0.15) is 6.10 Å². The molecule has 5 heteroatoms. The molecule has 0 spiro atoms. The Balaban J connectivity index is 0.00000420. The van der Waals surface area contributed by atoms with E-state index in [4.69, 9.17) is 4.74 Å². The molecule has 3 saturated carbocycles. The molecule has 39 heavy (non-hydrogen) atoms. The van der Waals surface area contributed by atoms with Crippen LogP contribution >= 0.6 is 0 Å². The van der Waals surface area contributed by atoms with Crippen LogP contribution in [0.3, 0.4) is 0 Å². The number of carbonyl (C=O) groups is 1. The molecule has 0 saturated heterocycles. The van der Waals surface area contributed by atoms with Gasteiger partial charge < -0.3 is 38.5 Å². The third-order valence-electron chi connectivity index (χ3n) is 12.4. The summed E-state index contributed by atoms with van der Waals surface area (Å²) < 4.78 is 6.86. The van der Waals surface area contributed by atoms with E-state index in [0.717, 1.165) is 65.9 Å². The molecule has 0 aliphatic heterocycles. The van der Waals surface area contributed by atoms with Gasteiger partial charge >= 0.3 is 6.09 Å². The third kappa shape index (κ3) is 7.20. The van der Waals surface area contributed by atoms with Crippen LogP contribution < -0.4 is 29.3 Å². The molecule has 0 radical (unpaired) electrons. The lowest BCUT2D eigenvalue weighted by Crippen LogP contribution is -3.00. The lowest BCUT2D eigenvalue weighted by atomic mass is 9.47. The molecule has 0 aromatic rings. The number of ether oxygens (including phenoxy) is 1. The van der Waals surface area contributed by atoms with Crippen molar-refractivity contribution >= 4 is 6.09 Å². The zero-order valence-corrected chi connectivity index (χ0v) is 28.8. The van der Waals surface area contributed by atoms with Crippen molar-refractivity contribution in [2.24, 2.45) is 46.3 Å². The highest BCUT2D eigenvalue weighted by Crippen LogP contribution is 2.67. The molecule has 8 atom stereocenters. The summed E-state index contributed by atoms with van der Waals surface area (Å²) in [6.45, 7) is 17.4. The summed E-state index contributed by atoms with van der Waals surface area (Å²) in [6.07, 6.45) is 16.8.